The van der Waals surface area contributed by atoms with E-state index in [4.69, 9.17) is 16.1 Å². The van der Waals surface area contributed by atoms with Crippen molar-refractivity contribution in [2.75, 3.05) is 5.32 Å². The Balaban J connectivity index is 1.41. The van der Waals surface area contributed by atoms with Crippen molar-refractivity contribution in [2.24, 2.45) is 0 Å². The first-order valence-electron chi connectivity index (χ1n) is 9.08. The summed E-state index contributed by atoms with van der Waals surface area (Å²) < 4.78 is 5.14. The van der Waals surface area contributed by atoms with E-state index in [0.29, 0.717) is 33.2 Å². The summed E-state index contributed by atoms with van der Waals surface area (Å²) in [5.41, 5.74) is 1.71. The van der Waals surface area contributed by atoms with Crippen LogP contribution in [0.3, 0.4) is 0 Å². The molecule has 4 aromatic rings. The van der Waals surface area contributed by atoms with Crippen LogP contribution in [-0.4, -0.2) is 21.0 Å². The van der Waals surface area contributed by atoms with Crippen molar-refractivity contribution in [2.45, 2.75) is 24.0 Å². The summed E-state index contributed by atoms with van der Waals surface area (Å²) >= 11 is 8.87. The van der Waals surface area contributed by atoms with Crippen LogP contribution in [0.15, 0.2) is 64.1 Å². The van der Waals surface area contributed by atoms with Crippen LogP contribution in [0.2, 0.25) is 5.02 Å². The van der Waals surface area contributed by atoms with Gasteiger partial charge < -0.3 is 4.52 Å². The molecule has 2 heterocycles. The van der Waals surface area contributed by atoms with E-state index in [0.717, 1.165) is 21.8 Å². The molecule has 0 atom stereocenters. The predicted octanol–water partition coefficient (Wildman–Crippen LogP) is 5.62. The van der Waals surface area contributed by atoms with Crippen molar-refractivity contribution in [1.82, 2.24) is 15.1 Å². The van der Waals surface area contributed by atoms with Gasteiger partial charge in [-0.15, -0.1) is 23.1 Å². The van der Waals surface area contributed by atoms with Crippen molar-refractivity contribution >= 4 is 45.7 Å². The average molecular weight is 457 g/mol. The Hall–Kier alpha value is -2.68. The maximum Gasteiger partial charge on any atom is 0.258 e. The number of halogens is 1. The smallest absolute Gasteiger partial charge is 0.258 e. The van der Waals surface area contributed by atoms with E-state index in [1.54, 1.807) is 19.2 Å². The molecule has 6 nitrogen and oxygen atoms in total. The van der Waals surface area contributed by atoms with Crippen LogP contribution in [-0.2, 0) is 12.2 Å². The minimum absolute atomic E-state index is 0.202. The summed E-state index contributed by atoms with van der Waals surface area (Å²) in [5.74, 6) is 1.41. The fourth-order valence-electron chi connectivity index (χ4n) is 2.73. The Morgan fingerprint density at radius 3 is 2.77 bits per heavy atom. The molecule has 9 heteroatoms. The number of hydrogen-bond acceptors (Lipinski definition) is 7. The summed E-state index contributed by atoms with van der Waals surface area (Å²) in [6.07, 6.45) is 2.52. The first-order chi connectivity index (χ1) is 14.6. The molecular weight excluding hydrogens is 440 g/mol. The minimum atomic E-state index is -0.202. The standard InChI is InChI=1S/C21H17ClN4O2S2/c1-13-24-19(28-26-13)12-29-18-5-3-2-4-17(18)20(27)25-21-23-11-16(30-21)10-14-6-8-15(22)9-7-14/h2-9,11H,10,12H2,1H3,(H,23,25,27). The zero-order valence-electron chi connectivity index (χ0n) is 16.0. The molecule has 0 spiro atoms. The fourth-order valence-corrected chi connectivity index (χ4v) is 4.59. The van der Waals surface area contributed by atoms with Crippen molar-refractivity contribution in [3.63, 3.8) is 0 Å². The Labute approximate surface area is 186 Å². The number of nitrogens with zero attached hydrogens (tertiary/aromatic N) is 3. The molecule has 30 heavy (non-hydrogen) atoms. The van der Waals surface area contributed by atoms with Crippen LogP contribution in [0.1, 0.15) is 32.5 Å². The van der Waals surface area contributed by atoms with E-state index >= 15 is 0 Å². The van der Waals surface area contributed by atoms with E-state index < -0.39 is 0 Å². The van der Waals surface area contributed by atoms with Gasteiger partial charge in [0.1, 0.15) is 0 Å². The highest BCUT2D eigenvalue weighted by molar-refractivity contribution is 7.98. The van der Waals surface area contributed by atoms with E-state index in [1.165, 1.54) is 23.1 Å². The minimum Gasteiger partial charge on any atom is -0.338 e. The third-order valence-corrected chi connectivity index (χ3v) is 6.34. The Morgan fingerprint density at radius 2 is 2.00 bits per heavy atom. The highest BCUT2D eigenvalue weighted by Crippen LogP contribution is 2.28. The molecule has 0 bridgehead atoms. The lowest BCUT2D eigenvalue weighted by molar-refractivity contribution is 0.102. The summed E-state index contributed by atoms with van der Waals surface area (Å²) in [7, 11) is 0. The van der Waals surface area contributed by atoms with Gasteiger partial charge in [-0.2, -0.15) is 4.98 Å². The van der Waals surface area contributed by atoms with Gasteiger partial charge in [0.15, 0.2) is 11.0 Å². The molecule has 1 N–H and O–H groups in total. The molecule has 0 saturated heterocycles. The number of carbonyl (C=O) groups is 1. The molecule has 0 aliphatic heterocycles. The topological polar surface area (TPSA) is 80.9 Å². The maximum absolute atomic E-state index is 12.8. The molecule has 0 radical (unpaired) electrons. The molecule has 0 aliphatic rings. The second kappa shape index (κ2) is 9.42. The van der Waals surface area contributed by atoms with Gasteiger partial charge in [0.25, 0.3) is 5.91 Å². The number of rotatable bonds is 7. The Kier molecular flexibility index (Phi) is 6.47. The zero-order valence-corrected chi connectivity index (χ0v) is 18.4. The number of aryl methyl sites for hydroxylation is 1. The zero-order chi connectivity index (χ0) is 20.9. The molecule has 152 valence electrons. The number of aromatic nitrogens is 3. The summed E-state index contributed by atoms with van der Waals surface area (Å²) in [6, 6.07) is 15.1. The summed E-state index contributed by atoms with van der Waals surface area (Å²) in [5, 5.41) is 7.96. The van der Waals surface area contributed by atoms with Gasteiger partial charge in [0.05, 0.1) is 11.3 Å². The van der Waals surface area contributed by atoms with Crippen LogP contribution in [0.5, 0.6) is 0 Å². The first kappa shape index (κ1) is 20.6. The van der Waals surface area contributed by atoms with Crippen LogP contribution >= 0.6 is 34.7 Å². The molecule has 0 aliphatic carbocycles. The number of anilines is 1. The van der Waals surface area contributed by atoms with E-state index in [2.05, 4.69) is 20.4 Å². The van der Waals surface area contributed by atoms with Crippen LogP contribution in [0.4, 0.5) is 5.13 Å². The Bertz CT molecular complexity index is 1160. The number of benzene rings is 2. The highest BCUT2D eigenvalue weighted by Gasteiger charge is 2.15. The van der Waals surface area contributed by atoms with Crippen LogP contribution in [0, 0.1) is 6.92 Å². The van der Waals surface area contributed by atoms with Crippen molar-refractivity contribution in [3.05, 3.63) is 87.5 Å². The number of carbonyl (C=O) groups excluding carboxylic acids is 1. The normalized spacial score (nSPS) is 10.9. The molecular formula is C21H17ClN4O2S2. The number of amides is 1. The number of thioether (sulfide) groups is 1. The monoisotopic (exact) mass is 456 g/mol. The average Bonchev–Trinajstić information content (AvgIpc) is 3.37. The van der Waals surface area contributed by atoms with Gasteiger partial charge in [0, 0.05) is 27.4 Å². The molecule has 0 saturated carbocycles. The number of hydrogen-bond donors (Lipinski definition) is 1. The summed E-state index contributed by atoms with van der Waals surface area (Å²) in [6.45, 7) is 1.77. The number of nitrogens with one attached hydrogen (secondary N) is 1. The fraction of sp³-hybridized carbons (Fsp3) is 0.143. The van der Waals surface area contributed by atoms with E-state index in [9.17, 15) is 4.79 Å². The lowest BCUT2D eigenvalue weighted by atomic mass is 10.1. The van der Waals surface area contributed by atoms with Gasteiger partial charge in [-0.05, 0) is 36.8 Å². The van der Waals surface area contributed by atoms with Crippen LogP contribution < -0.4 is 5.32 Å². The lowest BCUT2D eigenvalue weighted by Crippen LogP contribution is -2.12. The predicted molar refractivity (Wildman–Crippen MR) is 119 cm³/mol. The van der Waals surface area contributed by atoms with Crippen molar-refractivity contribution in [3.8, 4) is 0 Å². The number of thiazole rings is 1. The first-order valence-corrected chi connectivity index (χ1v) is 11.3. The van der Waals surface area contributed by atoms with Crippen molar-refractivity contribution in [1.29, 1.82) is 0 Å². The molecule has 0 unspecified atom stereocenters. The third kappa shape index (κ3) is 5.27. The molecule has 4 rings (SSSR count). The second-order valence-corrected chi connectivity index (χ2v) is 8.98. The molecule has 0 fully saturated rings. The van der Waals surface area contributed by atoms with Gasteiger partial charge >= 0.3 is 0 Å². The van der Waals surface area contributed by atoms with Gasteiger partial charge in [-0.1, -0.05) is 41.0 Å². The Morgan fingerprint density at radius 1 is 1.20 bits per heavy atom. The maximum atomic E-state index is 12.8. The quantitative estimate of drug-likeness (QED) is 0.363. The lowest BCUT2D eigenvalue weighted by Gasteiger charge is -2.07. The molecule has 2 aromatic carbocycles. The SMILES string of the molecule is Cc1noc(CSc2ccccc2C(=O)Nc2ncc(Cc3ccc(Cl)cc3)s2)n1. The second-order valence-electron chi connectivity index (χ2n) is 6.41. The van der Waals surface area contributed by atoms with Crippen LogP contribution in [0.25, 0.3) is 0 Å². The van der Waals surface area contributed by atoms with E-state index in [-0.39, 0.29) is 5.91 Å². The van der Waals surface area contributed by atoms with E-state index in [1.807, 2.05) is 42.5 Å². The molecule has 1 amide bonds. The largest absolute Gasteiger partial charge is 0.338 e. The third-order valence-electron chi connectivity index (χ3n) is 4.12. The highest BCUT2D eigenvalue weighted by atomic mass is 35.5. The van der Waals surface area contributed by atoms with Crippen molar-refractivity contribution < 1.29 is 9.32 Å². The van der Waals surface area contributed by atoms with Gasteiger partial charge in [0.2, 0.25) is 5.89 Å². The summed E-state index contributed by atoms with van der Waals surface area (Å²) in [4.78, 5) is 23.3. The van der Waals surface area contributed by atoms with Gasteiger partial charge in [-0.3, -0.25) is 10.1 Å². The molecule has 2 aromatic heterocycles. The van der Waals surface area contributed by atoms with Gasteiger partial charge in [-0.25, -0.2) is 4.98 Å².